The van der Waals surface area contributed by atoms with E-state index < -0.39 is 5.54 Å². The zero-order chi connectivity index (χ0) is 19.3. The molecule has 1 spiro atoms. The molecular formula is C20H27N3O4. The number of unbranched alkanes of at least 4 members (excludes halogenated alkanes) is 1. The van der Waals surface area contributed by atoms with E-state index in [0.717, 1.165) is 12.8 Å². The van der Waals surface area contributed by atoms with Crippen LogP contribution in [0.25, 0.3) is 0 Å². The van der Waals surface area contributed by atoms with Crippen molar-refractivity contribution in [3.8, 4) is 5.75 Å². The van der Waals surface area contributed by atoms with Gasteiger partial charge in [0.2, 0.25) is 5.91 Å². The molecule has 0 atom stereocenters. The van der Waals surface area contributed by atoms with Crippen molar-refractivity contribution in [2.45, 2.75) is 44.6 Å². The van der Waals surface area contributed by atoms with Gasteiger partial charge in [0.25, 0.3) is 5.91 Å². The predicted octanol–water partition coefficient (Wildman–Crippen LogP) is 2.17. The maximum atomic E-state index is 12.9. The molecule has 1 aromatic rings. The summed E-state index contributed by atoms with van der Waals surface area (Å²) in [6.07, 6.45) is 3.34. The van der Waals surface area contributed by atoms with Crippen LogP contribution >= 0.6 is 0 Å². The van der Waals surface area contributed by atoms with Crippen LogP contribution in [0.1, 0.15) is 39.0 Å². The molecule has 146 valence electrons. The fourth-order valence-electron chi connectivity index (χ4n) is 3.61. The highest BCUT2D eigenvalue weighted by molar-refractivity contribution is 6.07. The fraction of sp³-hybridized carbons (Fsp3) is 0.550. The summed E-state index contributed by atoms with van der Waals surface area (Å²) >= 11 is 0. The Kier molecular flexibility index (Phi) is 5.98. The lowest BCUT2D eigenvalue weighted by atomic mass is 9.87. The Balaban J connectivity index is 1.52. The summed E-state index contributed by atoms with van der Waals surface area (Å²) in [5.74, 6) is 0.638. The number of ether oxygens (including phenoxy) is 1. The Labute approximate surface area is 159 Å². The average molecular weight is 373 g/mol. The van der Waals surface area contributed by atoms with Gasteiger partial charge in [-0.3, -0.25) is 14.5 Å². The van der Waals surface area contributed by atoms with E-state index in [-0.39, 0.29) is 31.0 Å². The van der Waals surface area contributed by atoms with Crippen LogP contribution in [0.5, 0.6) is 5.75 Å². The van der Waals surface area contributed by atoms with E-state index in [1.54, 1.807) is 0 Å². The molecule has 0 bridgehead atoms. The maximum Gasteiger partial charge on any atom is 0.325 e. The maximum absolute atomic E-state index is 12.9. The molecule has 2 saturated heterocycles. The van der Waals surface area contributed by atoms with Gasteiger partial charge in [-0.05, 0) is 31.4 Å². The number of para-hydroxylation sites is 1. The normalized spacial score (nSPS) is 18.7. The molecule has 4 amide bonds. The number of rotatable bonds is 7. The number of piperidine rings is 1. The Bertz CT molecular complexity index is 684. The number of likely N-dealkylation sites (tertiary alicyclic amines) is 1. The highest BCUT2D eigenvalue weighted by Gasteiger charge is 2.52. The second-order valence-electron chi connectivity index (χ2n) is 7.11. The van der Waals surface area contributed by atoms with Crippen molar-refractivity contribution in [1.82, 2.24) is 15.1 Å². The van der Waals surface area contributed by atoms with Crippen LogP contribution in [0.2, 0.25) is 0 Å². The molecule has 1 aromatic carbocycles. The number of hydrogen-bond donors (Lipinski definition) is 1. The molecule has 2 aliphatic rings. The first kappa shape index (κ1) is 19.2. The Morgan fingerprint density at radius 2 is 1.89 bits per heavy atom. The minimum Gasteiger partial charge on any atom is -0.492 e. The highest BCUT2D eigenvalue weighted by atomic mass is 16.5. The van der Waals surface area contributed by atoms with Gasteiger partial charge in [-0.15, -0.1) is 0 Å². The number of carbonyl (C=O) groups excluding carboxylic acids is 3. The van der Waals surface area contributed by atoms with Crippen LogP contribution < -0.4 is 10.1 Å². The number of carbonyl (C=O) groups is 3. The second-order valence-corrected chi connectivity index (χ2v) is 7.11. The van der Waals surface area contributed by atoms with Crippen molar-refractivity contribution in [1.29, 1.82) is 0 Å². The van der Waals surface area contributed by atoms with E-state index >= 15 is 0 Å². The Morgan fingerprint density at radius 3 is 2.56 bits per heavy atom. The number of amides is 4. The summed E-state index contributed by atoms with van der Waals surface area (Å²) < 4.78 is 5.60. The van der Waals surface area contributed by atoms with Crippen molar-refractivity contribution in [2.75, 3.05) is 26.2 Å². The summed E-state index contributed by atoms with van der Waals surface area (Å²) in [6, 6.07) is 8.92. The van der Waals surface area contributed by atoms with Gasteiger partial charge in [-0.25, -0.2) is 4.79 Å². The van der Waals surface area contributed by atoms with Crippen molar-refractivity contribution < 1.29 is 19.1 Å². The molecule has 0 saturated carbocycles. The predicted molar refractivity (Wildman–Crippen MR) is 100 cm³/mol. The van der Waals surface area contributed by atoms with Crippen LogP contribution in [0.15, 0.2) is 30.3 Å². The topological polar surface area (TPSA) is 79.0 Å². The molecule has 2 aliphatic heterocycles. The number of urea groups is 1. The molecule has 2 fully saturated rings. The molecule has 27 heavy (non-hydrogen) atoms. The van der Waals surface area contributed by atoms with E-state index in [2.05, 4.69) is 12.2 Å². The number of benzene rings is 1. The average Bonchev–Trinajstić information content (AvgIpc) is 2.91. The fourth-order valence-corrected chi connectivity index (χ4v) is 3.61. The van der Waals surface area contributed by atoms with Crippen molar-refractivity contribution >= 4 is 17.8 Å². The third kappa shape index (κ3) is 4.23. The minimum absolute atomic E-state index is 0.136. The summed E-state index contributed by atoms with van der Waals surface area (Å²) in [7, 11) is 0. The summed E-state index contributed by atoms with van der Waals surface area (Å²) in [5, 5.41) is 2.86. The standard InChI is InChI=1S/C20H27N3O4/c1-2-3-9-17(24)22-12-10-20(11-13-22)18(25)23(19(26)21-20)14-15-27-16-7-5-4-6-8-16/h4-8H,2-3,9-15H2,1H3,(H,21,26). The number of nitrogens with one attached hydrogen (secondary N) is 1. The smallest absolute Gasteiger partial charge is 0.325 e. The number of nitrogens with zero attached hydrogens (tertiary/aromatic N) is 2. The van der Waals surface area contributed by atoms with E-state index in [9.17, 15) is 14.4 Å². The lowest BCUT2D eigenvalue weighted by Crippen LogP contribution is -2.56. The van der Waals surface area contributed by atoms with Crippen molar-refractivity contribution in [3.63, 3.8) is 0 Å². The summed E-state index contributed by atoms with van der Waals surface area (Å²) in [5.41, 5.74) is -0.870. The number of hydrogen-bond acceptors (Lipinski definition) is 4. The molecule has 3 rings (SSSR count). The molecule has 7 nitrogen and oxygen atoms in total. The van der Waals surface area contributed by atoms with E-state index in [1.807, 2.05) is 35.2 Å². The molecule has 0 radical (unpaired) electrons. The quantitative estimate of drug-likeness (QED) is 0.743. The van der Waals surface area contributed by atoms with Gasteiger partial charge in [0.05, 0.1) is 6.54 Å². The Morgan fingerprint density at radius 1 is 1.19 bits per heavy atom. The van der Waals surface area contributed by atoms with Gasteiger partial charge in [0, 0.05) is 19.5 Å². The van der Waals surface area contributed by atoms with Gasteiger partial charge in [0.1, 0.15) is 17.9 Å². The summed E-state index contributed by atoms with van der Waals surface area (Å²) in [6.45, 7) is 3.52. The van der Waals surface area contributed by atoms with Gasteiger partial charge in [0.15, 0.2) is 0 Å². The first-order valence-electron chi connectivity index (χ1n) is 9.65. The van der Waals surface area contributed by atoms with Gasteiger partial charge < -0.3 is 15.0 Å². The second kappa shape index (κ2) is 8.41. The van der Waals surface area contributed by atoms with Crippen LogP contribution in [-0.4, -0.2) is 59.4 Å². The van der Waals surface area contributed by atoms with Gasteiger partial charge in [-0.2, -0.15) is 0 Å². The van der Waals surface area contributed by atoms with Crippen LogP contribution in [0, 0.1) is 0 Å². The molecule has 2 heterocycles. The van der Waals surface area contributed by atoms with Gasteiger partial charge >= 0.3 is 6.03 Å². The van der Waals surface area contributed by atoms with Crippen molar-refractivity contribution in [2.24, 2.45) is 0 Å². The zero-order valence-electron chi connectivity index (χ0n) is 15.8. The summed E-state index contributed by atoms with van der Waals surface area (Å²) in [4.78, 5) is 40.4. The third-order valence-corrected chi connectivity index (χ3v) is 5.29. The zero-order valence-corrected chi connectivity index (χ0v) is 15.8. The van der Waals surface area contributed by atoms with Crippen molar-refractivity contribution in [3.05, 3.63) is 30.3 Å². The molecule has 0 unspecified atom stereocenters. The molecule has 0 aliphatic carbocycles. The SMILES string of the molecule is CCCCC(=O)N1CCC2(CC1)NC(=O)N(CCOc1ccccc1)C2=O. The van der Waals surface area contributed by atoms with Crippen LogP contribution in [0.3, 0.4) is 0 Å². The largest absolute Gasteiger partial charge is 0.492 e. The van der Waals surface area contributed by atoms with Crippen LogP contribution in [-0.2, 0) is 9.59 Å². The molecule has 7 heteroatoms. The lowest BCUT2D eigenvalue weighted by molar-refractivity contribution is -0.138. The molecular weight excluding hydrogens is 346 g/mol. The third-order valence-electron chi connectivity index (χ3n) is 5.29. The first-order chi connectivity index (χ1) is 13.1. The van der Waals surface area contributed by atoms with E-state index in [1.165, 1.54) is 4.90 Å². The minimum atomic E-state index is -0.870. The Hall–Kier alpha value is -2.57. The molecule has 0 aromatic heterocycles. The number of imide groups is 1. The van der Waals surface area contributed by atoms with Gasteiger partial charge in [-0.1, -0.05) is 31.5 Å². The van der Waals surface area contributed by atoms with E-state index in [0.29, 0.717) is 38.1 Å². The van der Waals surface area contributed by atoms with E-state index in [4.69, 9.17) is 4.74 Å². The van der Waals surface area contributed by atoms with Crippen LogP contribution in [0.4, 0.5) is 4.79 Å². The lowest BCUT2D eigenvalue weighted by Gasteiger charge is -2.37. The highest BCUT2D eigenvalue weighted by Crippen LogP contribution is 2.29. The first-order valence-corrected chi connectivity index (χ1v) is 9.65. The monoisotopic (exact) mass is 373 g/mol. The molecule has 1 N–H and O–H groups in total.